The molecule has 94 valence electrons. The van der Waals surface area contributed by atoms with E-state index in [2.05, 4.69) is 25.6 Å². The van der Waals surface area contributed by atoms with Crippen LogP contribution in [0.15, 0.2) is 0 Å². The second-order valence-corrected chi connectivity index (χ2v) is 5.47. The van der Waals surface area contributed by atoms with E-state index < -0.39 is 0 Å². The predicted molar refractivity (Wildman–Crippen MR) is 65.6 cm³/mol. The molecule has 1 aliphatic heterocycles. The van der Waals surface area contributed by atoms with Crippen LogP contribution in [0.1, 0.15) is 19.8 Å². The predicted octanol–water partition coefficient (Wildman–Crippen LogP) is 1.02. The van der Waals surface area contributed by atoms with Crippen LogP contribution >= 0.6 is 15.9 Å². The molecule has 2 atom stereocenters. The molecule has 5 heteroatoms. The Morgan fingerprint density at radius 1 is 1.56 bits per heavy atom. The molecule has 1 heterocycles. The van der Waals surface area contributed by atoms with E-state index in [9.17, 15) is 9.90 Å². The average molecular weight is 294 g/mol. The van der Waals surface area contributed by atoms with Gasteiger partial charge in [0.15, 0.2) is 0 Å². The van der Waals surface area contributed by atoms with Crippen molar-refractivity contribution in [3.8, 4) is 0 Å². The van der Waals surface area contributed by atoms with Gasteiger partial charge in [0, 0.05) is 6.54 Å². The van der Waals surface area contributed by atoms with Crippen molar-refractivity contribution in [3.05, 3.63) is 0 Å². The molecule has 2 unspecified atom stereocenters. The molecule has 0 saturated carbocycles. The van der Waals surface area contributed by atoms with Crippen molar-refractivity contribution in [2.75, 3.05) is 26.7 Å². The quantitative estimate of drug-likeness (QED) is 0.621. The third-order valence-corrected chi connectivity index (χ3v) is 3.85. The van der Waals surface area contributed by atoms with Gasteiger partial charge in [0.25, 0.3) is 0 Å². The van der Waals surface area contributed by atoms with Gasteiger partial charge in [-0.2, -0.15) is 0 Å². The summed E-state index contributed by atoms with van der Waals surface area (Å²) >= 11 is 3.32. The Bertz CT molecular complexity index is 227. The minimum Gasteiger partial charge on any atom is -0.468 e. The number of esters is 1. The van der Waals surface area contributed by atoms with E-state index in [4.69, 9.17) is 0 Å². The van der Waals surface area contributed by atoms with Crippen LogP contribution in [0.5, 0.6) is 0 Å². The van der Waals surface area contributed by atoms with Crippen LogP contribution in [0.25, 0.3) is 0 Å². The summed E-state index contributed by atoms with van der Waals surface area (Å²) in [4.78, 5) is 13.2. The maximum Gasteiger partial charge on any atom is 0.320 e. The Kier molecular flexibility index (Phi) is 5.72. The van der Waals surface area contributed by atoms with Crippen LogP contribution in [0.2, 0.25) is 0 Å². The van der Waals surface area contributed by atoms with Gasteiger partial charge in [-0.3, -0.25) is 4.79 Å². The number of alkyl halides is 1. The standard InChI is InChI=1S/C11H20BrNO3/c1-8(14)9-3-5-13(6-4-9)7-10(12)11(15)16-2/h8-10,14H,3-7H2,1-2H3. The average Bonchev–Trinajstić information content (AvgIpc) is 2.28. The zero-order chi connectivity index (χ0) is 12.1. The van der Waals surface area contributed by atoms with E-state index in [1.165, 1.54) is 7.11 Å². The van der Waals surface area contributed by atoms with E-state index in [0.717, 1.165) is 25.9 Å². The summed E-state index contributed by atoms with van der Waals surface area (Å²) in [5.74, 6) is 0.181. The van der Waals surface area contributed by atoms with Gasteiger partial charge in [-0.1, -0.05) is 15.9 Å². The summed E-state index contributed by atoms with van der Waals surface area (Å²) in [5.41, 5.74) is 0. The van der Waals surface area contributed by atoms with Crippen LogP contribution < -0.4 is 0 Å². The molecule has 16 heavy (non-hydrogen) atoms. The van der Waals surface area contributed by atoms with Gasteiger partial charge >= 0.3 is 5.97 Å². The number of methoxy groups -OCH3 is 1. The molecular weight excluding hydrogens is 274 g/mol. The minimum absolute atomic E-state index is 0.220. The normalized spacial score (nSPS) is 22.8. The van der Waals surface area contributed by atoms with Crippen molar-refractivity contribution >= 4 is 21.9 Å². The molecule has 1 rings (SSSR count). The van der Waals surface area contributed by atoms with Gasteiger partial charge in [0.2, 0.25) is 0 Å². The third kappa shape index (κ3) is 4.03. The van der Waals surface area contributed by atoms with Crippen molar-refractivity contribution in [3.63, 3.8) is 0 Å². The second-order valence-electron chi connectivity index (χ2n) is 4.37. The van der Waals surface area contributed by atoms with Gasteiger partial charge in [-0.25, -0.2) is 0 Å². The number of ether oxygens (including phenoxy) is 1. The number of carbonyl (C=O) groups excluding carboxylic acids is 1. The number of hydrogen-bond donors (Lipinski definition) is 1. The van der Waals surface area contributed by atoms with Crippen molar-refractivity contribution in [1.29, 1.82) is 0 Å². The Balaban J connectivity index is 2.29. The van der Waals surface area contributed by atoms with Crippen molar-refractivity contribution in [2.45, 2.75) is 30.7 Å². The molecule has 0 aromatic heterocycles. The highest BCUT2D eigenvalue weighted by atomic mass is 79.9. The lowest BCUT2D eigenvalue weighted by Crippen LogP contribution is -2.41. The number of nitrogens with zero attached hydrogens (tertiary/aromatic N) is 1. The Hall–Kier alpha value is -0.130. The minimum atomic E-state index is -0.249. The van der Waals surface area contributed by atoms with E-state index in [-0.39, 0.29) is 16.9 Å². The van der Waals surface area contributed by atoms with Gasteiger partial charge < -0.3 is 14.7 Å². The maximum atomic E-state index is 11.2. The molecule has 1 aliphatic rings. The third-order valence-electron chi connectivity index (χ3n) is 3.19. The molecule has 0 aromatic rings. The van der Waals surface area contributed by atoms with Crippen molar-refractivity contribution in [1.82, 2.24) is 4.90 Å². The molecule has 4 nitrogen and oxygen atoms in total. The summed E-state index contributed by atoms with van der Waals surface area (Å²) in [6.45, 7) is 4.41. The molecule has 0 radical (unpaired) electrons. The summed E-state index contributed by atoms with van der Waals surface area (Å²) in [6, 6.07) is 0. The van der Waals surface area contributed by atoms with E-state index in [1.54, 1.807) is 0 Å². The highest BCUT2D eigenvalue weighted by molar-refractivity contribution is 9.10. The van der Waals surface area contributed by atoms with Crippen molar-refractivity contribution < 1.29 is 14.6 Å². The molecule has 1 fully saturated rings. The van der Waals surface area contributed by atoms with Gasteiger partial charge in [0.05, 0.1) is 13.2 Å². The fraction of sp³-hybridized carbons (Fsp3) is 0.909. The SMILES string of the molecule is COC(=O)C(Br)CN1CCC(C(C)O)CC1. The summed E-state index contributed by atoms with van der Waals surface area (Å²) in [6.07, 6.45) is 1.78. The summed E-state index contributed by atoms with van der Waals surface area (Å²) in [5, 5.41) is 9.47. The Labute approximate surface area is 105 Å². The van der Waals surface area contributed by atoms with Crippen LogP contribution in [0.4, 0.5) is 0 Å². The molecule has 1 saturated heterocycles. The number of carbonyl (C=O) groups is 1. The highest BCUT2D eigenvalue weighted by Crippen LogP contribution is 2.21. The van der Waals surface area contributed by atoms with E-state index in [0.29, 0.717) is 12.5 Å². The topological polar surface area (TPSA) is 49.8 Å². The fourth-order valence-electron chi connectivity index (χ4n) is 2.05. The number of aliphatic hydroxyl groups is 1. The molecule has 0 aliphatic carbocycles. The maximum absolute atomic E-state index is 11.2. The van der Waals surface area contributed by atoms with Gasteiger partial charge in [0.1, 0.15) is 4.83 Å². The second kappa shape index (κ2) is 6.57. The number of rotatable bonds is 4. The molecule has 1 N–H and O–H groups in total. The zero-order valence-corrected chi connectivity index (χ0v) is 11.4. The number of piperidine rings is 1. The van der Waals surface area contributed by atoms with E-state index >= 15 is 0 Å². The number of likely N-dealkylation sites (tertiary alicyclic amines) is 1. The highest BCUT2D eigenvalue weighted by Gasteiger charge is 2.25. The number of hydrogen-bond acceptors (Lipinski definition) is 4. The fourth-order valence-corrected chi connectivity index (χ4v) is 2.64. The lowest BCUT2D eigenvalue weighted by Gasteiger charge is -2.33. The zero-order valence-electron chi connectivity index (χ0n) is 9.86. The molecular formula is C11H20BrNO3. The molecule has 0 aromatic carbocycles. The summed E-state index contributed by atoms with van der Waals surface area (Å²) < 4.78 is 4.66. The molecule has 0 amide bonds. The monoisotopic (exact) mass is 293 g/mol. The van der Waals surface area contributed by atoms with Gasteiger partial charge in [-0.05, 0) is 38.8 Å². The Morgan fingerprint density at radius 2 is 2.12 bits per heavy atom. The molecule has 0 bridgehead atoms. The van der Waals surface area contributed by atoms with Crippen LogP contribution in [0.3, 0.4) is 0 Å². The lowest BCUT2D eigenvalue weighted by atomic mass is 9.92. The van der Waals surface area contributed by atoms with Crippen LogP contribution in [-0.4, -0.2) is 53.7 Å². The first-order valence-electron chi connectivity index (χ1n) is 5.67. The first-order chi connectivity index (χ1) is 7.54. The number of aliphatic hydroxyl groups excluding tert-OH is 1. The molecule has 0 spiro atoms. The smallest absolute Gasteiger partial charge is 0.320 e. The first kappa shape index (κ1) is 13.9. The Morgan fingerprint density at radius 3 is 2.56 bits per heavy atom. The first-order valence-corrected chi connectivity index (χ1v) is 6.58. The largest absolute Gasteiger partial charge is 0.468 e. The van der Waals surface area contributed by atoms with E-state index in [1.807, 2.05) is 6.92 Å². The van der Waals surface area contributed by atoms with Crippen LogP contribution in [0, 0.1) is 5.92 Å². The lowest BCUT2D eigenvalue weighted by molar-refractivity contribution is -0.140. The van der Waals surface area contributed by atoms with Crippen LogP contribution in [-0.2, 0) is 9.53 Å². The number of halogens is 1. The van der Waals surface area contributed by atoms with Gasteiger partial charge in [-0.15, -0.1) is 0 Å². The van der Waals surface area contributed by atoms with Crippen molar-refractivity contribution in [2.24, 2.45) is 5.92 Å². The summed E-state index contributed by atoms with van der Waals surface area (Å²) in [7, 11) is 1.40.